The van der Waals surface area contributed by atoms with E-state index < -0.39 is 5.30 Å². The molecule has 1 fully saturated rings. The summed E-state index contributed by atoms with van der Waals surface area (Å²) in [5, 5.41) is -1.46. The van der Waals surface area contributed by atoms with Crippen LogP contribution >= 0.6 is 0 Å². The first-order valence-electron chi connectivity index (χ1n) is 5.64. The maximum absolute atomic E-state index is 5.25. The van der Waals surface area contributed by atoms with Gasteiger partial charge in [-0.15, -0.1) is 0 Å². The van der Waals surface area contributed by atoms with Crippen LogP contribution in [-0.4, -0.2) is 73.2 Å². The lowest BCUT2D eigenvalue weighted by Crippen LogP contribution is -2.41. The highest BCUT2D eigenvalue weighted by Crippen LogP contribution is 2.05. The molecule has 6 radical (unpaired) electrons. The molecule has 6 heteroatoms. The van der Waals surface area contributed by atoms with Gasteiger partial charge in [0.05, 0.1) is 36.8 Å². The van der Waals surface area contributed by atoms with Gasteiger partial charge in [-0.25, -0.2) is 0 Å². The standard InChI is InChI=1S/C8H17NO.C2H3B3O/c1-3-8(2)9-4-6-10-7-5-9;1-6-2(3,4)5/h8H,3-7H2,1-2H3;1H3. The van der Waals surface area contributed by atoms with Crippen molar-refractivity contribution in [2.24, 2.45) is 0 Å². The van der Waals surface area contributed by atoms with Gasteiger partial charge in [0, 0.05) is 26.2 Å². The minimum absolute atomic E-state index is 0.740. The van der Waals surface area contributed by atoms with E-state index in [2.05, 4.69) is 23.5 Å². The van der Waals surface area contributed by atoms with Crippen molar-refractivity contribution >= 4 is 23.5 Å². The minimum atomic E-state index is -1.46. The van der Waals surface area contributed by atoms with E-state index in [4.69, 9.17) is 28.3 Å². The van der Waals surface area contributed by atoms with Gasteiger partial charge >= 0.3 is 0 Å². The molecule has 0 aromatic rings. The van der Waals surface area contributed by atoms with E-state index in [9.17, 15) is 0 Å². The highest BCUT2D eigenvalue weighted by molar-refractivity contribution is 6.58. The first-order chi connectivity index (χ1) is 7.40. The summed E-state index contributed by atoms with van der Waals surface area (Å²) < 4.78 is 9.52. The monoisotopic (exact) mass is 219 g/mol. The normalized spacial score (nSPS) is 19.7. The highest BCUT2D eigenvalue weighted by Gasteiger charge is 2.14. The van der Waals surface area contributed by atoms with Gasteiger partial charge in [-0.3, -0.25) is 4.90 Å². The molecular weight excluding hydrogens is 199 g/mol. The number of hydrogen-bond donors (Lipinski definition) is 0. The number of methoxy groups -OCH3 is 1. The molecular formula is C10H20B3NO2. The van der Waals surface area contributed by atoms with Gasteiger partial charge in [0.15, 0.2) is 0 Å². The summed E-state index contributed by atoms with van der Waals surface area (Å²) in [5.74, 6) is 0. The molecule has 1 rings (SSSR count). The summed E-state index contributed by atoms with van der Waals surface area (Å²) in [6.07, 6.45) is 1.25. The lowest BCUT2D eigenvalue weighted by molar-refractivity contribution is 0.0196. The topological polar surface area (TPSA) is 21.7 Å². The predicted molar refractivity (Wildman–Crippen MR) is 69.1 cm³/mol. The molecule has 0 saturated carbocycles. The van der Waals surface area contributed by atoms with E-state index in [0.29, 0.717) is 0 Å². The fourth-order valence-corrected chi connectivity index (χ4v) is 1.28. The third-order valence-corrected chi connectivity index (χ3v) is 2.61. The molecule has 0 N–H and O–H groups in total. The van der Waals surface area contributed by atoms with Gasteiger partial charge in [-0.2, -0.15) is 0 Å². The summed E-state index contributed by atoms with van der Waals surface area (Å²) in [7, 11) is 15.9. The van der Waals surface area contributed by atoms with Crippen molar-refractivity contribution in [3.05, 3.63) is 0 Å². The maximum Gasteiger partial charge on any atom is 0.0861 e. The summed E-state index contributed by atoms with van der Waals surface area (Å²) in [6.45, 7) is 8.60. The maximum atomic E-state index is 5.25. The Balaban J connectivity index is 0.000000325. The first kappa shape index (κ1) is 16.1. The number of ether oxygens (including phenoxy) is 2. The van der Waals surface area contributed by atoms with Crippen LogP contribution in [0.4, 0.5) is 0 Å². The van der Waals surface area contributed by atoms with Crippen LogP contribution in [0.15, 0.2) is 0 Å². The number of nitrogens with zero attached hydrogens (tertiary/aromatic N) is 1. The third kappa shape index (κ3) is 8.25. The minimum Gasteiger partial charge on any atom is -0.406 e. The molecule has 0 amide bonds. The molecule has 1 atom stereocenters. The van der Waals surface area contributed by atoms with Crippen molar-refractivity contribution in [2.45, 2.75) is 31.6 Å². The summed E-state index contributed by atoms with van der Waals surface area (Å²) in [5.41, 5.74) is 0. The number of rotatable bonds is 3. The van der Waals surface area contributed by atoms with Crippen LogP contribution < -0.4 is 0 Å². The van der Waals surface area contributed by atoms with Crippen LogP contribution in [0.1, 0.15) is 20.3 Å². The van der Waals surface area contributed by atoms with Crippen LogP contribution in [0.5, 0.6) is 0 Å². The summed E-state index contributed by atoms with van der Waals surface area (Å²) in [4.78, 5) is 2.49. The van der Waals surface area contributed by atoms with E-state index in [0.717, 1.165) is 32.3 Å². The Bertz CT molecular complexity index is 170. The van der Waals surface area contributed by atoms with E-state index in [1.165, 1.54) is 13.5 Å². The predicted octanol–water partition coefficient (Wildman–Crippen LogP) is -0.133. The second-order valence-electron chi connectivity index (χ2n) is 3.96. The second-order valence-corrected chi connectivity index (χ2v) is 3.96. The van der Waals surface area contributed by atoms with Gasteiger partial charge in [0.2, 0.25) is 0 Å². The number of hydrogen-bond acceptors (Lipinski definition) is 3. The Hall–Kier alpha value is 0.0748. The van der Waals surface area contributed by atoms with Crippen molar-refractivity contribution in [3.8, 4) is 0 Å². The van der Waals surface area contributed by atoms with Gasteiger partial charge < -0.3 is 9.47 Å². The zero-order valence-electron chi connectivity index (χ0n) is 10.6. The first-order valence-corrected chi connectivity index (χ1v) is 5.64. The van der Waals surface area contributed by atoms with Crippen LogP contribution in [-0.2, 0) is 9.47 Å². The van der Waals surface area contributed by atoms with Crippen molar-refractivity contribution in [1.29, 1.82) is 0 Å². The Morgan fingerprint density at radius 3 is 2.06 bits per heavy atom. The van der Waals surface area contributed by atoms with Crippen molar-refractivity contribution in [3.63, 3.8) is 0 Å². The SMILES string of the molecule is CCC(C)N1CCOCC1.[B]C([B])([B])OC. The second kappa shape index (κ2) is 8.21. The van der Waals surface area contributed by atoms with E-state index >= 15 is 0 Å². The highest BCUT2D eigenvalue weighted by atomic mass is 16.5. The summed E-state index contributed by atoms with van der Waals surface area (Å²) in [6, 6.07) is 0.740. The quantitative estimate of drug-likeness (QED) is 0.616. The molecule has 1 saturated heterocycles. The van der Waals surface area contributed by atoms with Gasteiger partial charge in [-0.05, 0) is 18.6 Å². The fourth-order valence-electron chi connectivity index (χ4n) is 1.28. The van der Waals surface area contributed by atoms with Crippen LogP contribution in [0.25, 0.3) is 0 Å². The fraction of sp³-hybridized carbons (Fsp3) is 1.00. The molecule has 1 heterocycles. The van der Waals surface area contributed by atoms with Crippen molar-refractivity contribution in [2.75, 3.05) is 33.4 Å². The molecule has 1 unspecified atom stereocenters. The van der Waals surface area contributed by atoms with E-state index in [1.807, 2.05) is 0 Å². The molecule has 86 valence electrons. The molecule has 16 heavy (non-hydrogen) atoms. The average Bonchev–Trinajstić information content (AvgIpc) is 2.29. The van der Waals surface area contributed by atoms with Crippen LogP contribution in [0, 0.1) is 0 Å². The Labute approximate surface area is 103 Å². The van der Waals surface area contributed by atoms with Gasteiger partial charge in [0.25, 0.3) is 0 Å². The van der Waals surface area contributed by atoms with E-state index in [-0.39, 0.29) is 0 Å². The van der Waals surface area contributed by atoms with Crippen LogP contribution in [0.3, 0.4) is 0 Å². The zero-order chi connectivity index (χ0) is 12.6. The molecule has 1 aliphatic rings. The molecule has 0 aromatic carbocycles. The lowest BCUT2D eigenvalue weighted by atomic mass is 9.52. The molecule has 1 aliphatic heterocycles. The third-order valence-electron chi connectivity index (χ3n) is 2.61. The number of morpholine rings is 1. The largest absolute Gasteiger partial charge is 0.406 e. The van der Waals surface area contributed by atoms with Gasteiger partial charge in [0.1, 0.15) is 0 Å². The smallest absolute Gasteiger partial charge is 0.0861 e. The van der Waals surface area contributed by atoms with Crippen LogP contribution in [0.2, 0.25) is 0 Å². The molecule has 0 aromatic heterocycles. The summed E-state index contributed by atoms with van der Waals surface area (Å²) >= 11 is 0. The molecule has 0 spiro atoms. The molecule has 0 bridgehead atoms. The Morgan fingerprint density at radius 1 is 1.31 bits per heavy atom. The average molecular weight is 219 g/mol. The molecule has 3 nitrogen and oxygen atoms in total. The van der Waals surface area contributed by atoms with E-state index in [1.54, 1.807) is 0 Å². The van der Waals surface area contributed by atoms with Crippen molar-refractivity contribution < 1.29 is 9.47 Å². The Kier molecular flexibility index (Phi) is 8.25. The zero-order valence-corrected chi connectivity index (χ0v) is 10.6. The van der Waals surface area contributed by atoms with Crippen molar-refractivity contribution in [1.82, 2.24) is 4.90 Å². The lowest BCUT2D eigenvalue weighted by Gasteiger charge is -2.31. The van der Waals surface area contributed by atoms with Gasteiger partial charge in [-0.1, -0.05) is 6.92 Å². The Morgan fingerprint density at radius 2 is 1.75 bits per heavy atom. The molecule has 0 aliphatic carbocycles.